The number of hydrogen-bond acceptors (Lipinski definition) is 8. The number of rotatable bonds is 4. The molecule has 0 N–H and O–H groups in total. The lowest BCUT2D eigenvalue weighted by atomic mass is 10.0. The standard InChI is InChI=1S/C24H26N6O4/c1-28-22(31)14-20(19-6-7-25-16-26-19)27-24(28)30-10-13-34-21(15-30)17-2-4-18(5-3-17)23(32)29-8-11-33-12-9-29/h2-7,14,16,21H,8-13,15H2,1H3/t21-/m1/s1. The van der Waals surface area contributed by atoms with Gasteiger partial charge in [0.25, 0.3) is 11.5 Å². The average molecular weight is 463 g/mol. The van der Waals surface area contributed by atoms with E-state index in [9.17, 15) is 9.59 Å². The van der Waals surface area contributed by atoms with Gasteiger partial charge in [-0.15, -0.1) is 0 Å². The van der Waals surface area contributed by atoms with Gasteiger partial charge < -0.3 is 19.3 Å². The fraction of sp³-hybridized carbons (Fsp3) is 0.375. The maximum atomic E-state index is 12.7. The smallest absolute Gasteiger partial charge is 0.255 e. The predicted octanol–water partition coefficient (Wildman–Crippen LogP) is 1.29. The second kappa shape index (κ2) is 9.70. The van der Waals surface area contributed by atoms with Crippen LogP contribution in [0.15, 0.2) is 53.7 Å². The van der Waals surface area contributed by atoms with Crippen molar-refractivity contribution in [3.63, 3.8) is 0 Å². The summed E-state index contributed by atoms with van der Waals surface area (Å²) in [5.74, 6) is 0.579. The Balaban J connectivity index is 1.35. The molecule has 1 amide bonds. The molecule has 0 bridgehead atoms. The molecule has 176 valence electrons. The highest BCUT2D eigenvalue weighted by Crippen LogP contribution is 2.26. The number of ether oxygens (including phenoxy) is 2. The number of carbonyl (C=O) groups is 1. The highest BCUT2D eigenvalue weighted by molar-refractivity contribution is 5.94. The number of morpholine rings is 2. The van der Waals surface area contributed by atoms with Gasteiger partial charge in [0.15, 0.2) is 0 Å². The third-order valence-corrected chi connectivity index (χ3v) is 6.13. The van der Waals surface area contributed by atoms with E-state index in [1.807, 2.05) is 34.1 Å². The summed E-state index contributed by atoms with van der Waals surface area (Å²) < 4.78 is 12.9. The first-order valence-electron chi connectivity index (χ1n) is 11.3. The van der Waals surface area contributed by atoms with Crippen LogP contribution in [0, 0.1) is 0 Å². The second-order valence-electron chi connectivity index (χ2n) is 8.27. The van der Waals surface area contributed by atoms with Crippen molar-refractivity contribution >= 4 is 11.9 Å². The Hall–Kier alpha value is -3.63. The van der Waals surface area contributed by atoms with Crippen LogP contribution >= 0.6 is 0 Å². The number of nitrogens with zero attached hydrogens (tertiary/aromatic N) is 6. The predicted molar refractivity (Wildman–Crippen MR) is 125 cm³/mol. The van der Waals surface area contributed by atoms with Gasteiger partial charge in [-0.25, -0.2) is 15.0 Å². The number of benzene rings is 1. The van der Waals surface area contributed by atoms with E-state index in [0.717, 1.165) is 5.56 Å². The van der Waals surface area contributed by atoms with E-state index in [1.54, 1.807) is 19.3 Å². The molecule has 2 aliphatic heterocycles. The van der Waals surface area contributed by atoms with Crippen LogP contribution < -0.4 is 10.5 Å². The zero-order valence-electron chi connectivity index (χ0n) is 19.0. The molecule has 0 spiro atoms. The van der Waals surface area contributed by atoms with Gasteiger partial charge in [-0.1, -0.05) is 12.1 Å². The van der Waals surface area contributed by atoms with Crippen molar-refractivity contribution in [1.82, 2.24) is 24.4 Å². The quantitative estimate of drug-likeness (QED) is 0.572. The summed E-state index contributed by atoms with van der Waals surface area (Å²) >= 11 is 0. The molecule has 1 aromatic carbocycles. The molecule has 0 radical (unpaired) electrons. The third-order valence-electron chi connectivity index (χ3n) is 6.13. The van der Waals surface area contributed by atoms with E-state index in [-0.39, 0.29) is 17.6 Å². The van der Waals surface area contributed by atoms with E-state index in [4.69, 9.17) is 14.5 Å². The molecule has 10 heteroatoms. The Kier molecular flexibility index (Phi) is 6.33. The normalized spacial score (nSPS) is 18.7. The van der Waals surface area contributed by atoms with Gasteiger partial charge in [-0.2, -0.15) is 0 Å². The summed E-state index contributed by atoms with van der Waals surface area (Å²) in [7, 11) is 1.71. The van der Waals surface area contributed by atoms with Crippen molar-refractivity contribution < 1.29 is 14.3 Å². The van der Waals surface area contributed by atoms with E-state index in [2.05, 4.69) is 9.97 Å². The molecule has 2 aliphatic rings. The Labute approximate surface area is 196 Å². The van der Waals surface area contributed by atoms with Crippen LogP contribution in [0.3, 0.4) is 0 Å². The molecule has 1 atom stereocenters. The molecule has 0 unspecified atom stereocenters. The van der Waals surface area contributed by atoms with E-state index >= 15 is 0 Å². The van der Waals surface area contributed by atoms with Gasteiger partial charge in [0, 0.05) is 44.5 Å². The summed E-state index contributed by atoms with van der Waals surface area (Å²) in [5.41, 5.74) is 2.57. The van der Waals surface area contributed by atoms with Crippen LogP contribution in [0.1, 0.15) is 22.0 Å². The molecule has 3 aromatic rings. The number of carbonyl (C=O) groups excluding carboxylic acids is 1. The second-order valence-corrected chi connectivity index (χ2v) is 8.27. The number of amides is 1. The summed E-state index contributed by atoms with van der Waals surface area (Å²) in [6.07, 6.45) is 2.85. The Morgan fingerprint density at radius 2 is 1.82 bits per heavy atom. The van der Waals surface area contributed by atoms with E-state index in [1.165, 1.54) is 17.0 Å². The molecule has 2 fully saturated rings. The molecule has 34 heavy (non-hydrogen) atoms. The maximum absolute atomic E-state index is 12.7. The van der Waals surface area contributed by atoms with Crippen LogP contribution in [-0.4, -0.2) is 76.3 Å². The molecule has 2 saturated heterocycles. The van der Waals surface area contributed by atoms with E-state index in [0.29, 0.717) is 68.9 Å². The average Bonchev–Trinajstić information content (AvgIpc) is 2.91. The van der Waals surface area contributed by atoms with Gasteiger partial charge in [0.05, 0.1) is 37.8 Å². The van der Waals surface area contributed by atoms with Gasteiger partial charge in [0.1, 0.15) is 12.4 Å². The minimum atomic E-state index is -0.208. The Bertz CT molecular complexity index is 1210. The van der Waals surface area contributed by atoms with Crippen LogP contribution in [-0.2, 0) is 16.5 Å². The fourth-order valence-corrected chi connectivity index (χ4v) is 4.21. The fourth-order valence-electron chi connectivity index (χ4n) is 4.21. The van der Waals surface area contributed by atoms with Gasteiger partial charge in [0.2, 0.25) is 5.95 Å². The largest absolute Gasteiger partial charge is 0.378 e. The highest BCUT2D eigenvalue weighted by Gasteiger charge is 2.26. The topological polar surface area (TPSA) is 103 Å². The first-order chi connectivity index (χ1) is 16.6. The van der Waals surface area contributed by atoms with Crippen molar-refractivity contribution in [2.75, 3.05) is 50.9 Å². The number of aromatic nitrogens is 4. The van der Waals surface area contributed by atoms with Gasteiger partial charge in [-0.05, 0) is 23.8 Å². The molecular weight excluding hydrogens is 436 g/mol. The first kappa shape index (κ1) is 22.2. The Morgan fingerprint density at radius 3 is 2.56 bits per heavy atom. The monoisotopic (exact) mass is 462 g/mol. The SMILES string of the molecule is Cn1c(N2CCO[C@@H](c3ccc(C(=O)N4CCOCC4)cc3)C2)nc(-c2ccncn2)cc1=O. The first-order valence-corrected chi connectivity index (χ1v) is 11.3. The summed E-state index contributed by atoms with van der Waals surface area (Å²) in [5, 5.41) is 0. The molecule has 10 nitrogen and oxygen atoms in total. The minimum absolute atomic E-state index is 0.0155. The lowest BCUT2D eigenvalue weighted by Gasteiger charge is -2.34. The zero-order valence-corrected chi connectivity index (χ0v) is 19.0. The van der Waals surface area contributed by atoms with Crippen molar-refractivity contribution in [2.45, 2.75) is 6.10 Å². The lowest BCUT2D eigenvalue weighted by Crippen LogP contribution is -2.42. The zero-order chi connectivity index (χ0) is 23.5. The van der Waals surface area contributed by atoms with E-state index < -0.39 is 0 Å². The minimum Gasteiger partial charge on any atom is -0.378 e. The van der Waals surface area contributed by atoms with Crippen LogP contribution in [0.4, 0.5) is 5.95 Å². The maximum Gasteiger partial charge on any atom is 0.255 e. The van der Waals surface area contributed by atoms with Crippen molar-refractivity contribution in [3.8, 4) is 11.4 Å². The van der Waals surface area contributed by atoms with Crippen molar-refractivity contribution in [1.29, 1.82) is 0 Å². The highest BCUT2D eigenvalue weighted by atomic mass is 16.5. The molecule has 0 saturated carbocycles. The lowest BCUT2D eigenvalue weighted by molar-refractivity contribution is 0.0302. The summed E-state index contributed by atoms with van der Waals surface area (Å²) in [4.78, 5) is 42.1. The van der Waals surface area contributed by atoms with Gasteiger partial charge in [-0.3, -0.25) is 14.2 Å². The summed E-state index contributed by atoms with van der Waals surface area (Å²) in [6.45, 7) is 4.01. The molecule has 0 aliphatic carbocycles. The van der Waals surface area contributed by atoms with Crippen molar-refractivity contribution in [3.05, 3.63) is 70.4 Å². The van der Waals surface area contributed by atoms with Gasteiger partial charge >= 0.3 is 0 Å². The number of anilines is 1. The Morgan fingerprint density at radius 1 is 1.03 bits per heavy atom. The molecular formula is C24H26N6O4. The molecule has 4 heterocycles. The third kappa shape index (κ3) is 4.55. The van der Waals surface area contributed by atoms with Crippen LogP contribution in [0.5, 0.6) is 0 Å². The van der Waals surface area contributed by atoms with Crippen LogP contribution in [0.2, 0.25) is 0 Å². The van der Waals surface area contributed by atoms with Crippen LogP contribution in [0.25, 0.3) is 11.4 Å². The molecule has 2 aromatic heterocycles. The number of hydrogen-bond donors (Lipinski definition) is 0. The molecule has 5 rings (SSSR count). The summed E-state index contributed by atoms with van der Waals surface area (Å²) in [6, 6.07) is 10.8. The van der Waals surface area contributed by atoms with Crippen molar-refractivity contribution in [2.24, 2.45) is 7.05 Å².